The quantitative estimate of drug-likeness (QED) is 0.445. The van der Waals surface area contributed by atoms with E-state index in [2.05, 4.69) is 4.18 Å². The summed E-state index contributed by atoms with van der Waals surface area (Å²) in [7, 11) is 0. The summed E-state index contributed by atoms with van der Waals surface area (Å²) in [4.78, 5) is 10.4. The molecule has 0 saturated heterocycles. The maximum Gasteiger partial charge on any atom is 0.318 e. The van der Waals surface area contributed by atoms with Crippen molar-refractivity contribution in [3.8, 4) is 5.40 Å². The summed E-state index contributed by atoms with van der Waals surface area (Å²) in [5, 5.41) is 9.55. The first-order chi connectivity index (χ1) is 4.31. The Morgan fingerprint density at radius 2 is 2.56 bits per heavy atom. The molecule has 0 spiro atoms. The van der Waals surface area contributed by atoms with Crippen molar-refractivity contribution >= 4 is 18.0 Å². The van der Waals surface area contributed by atoms with Crippen molar-refractivity contribution in [3.05, 3.63) is 0 Å². The Morgan fingerprint density at radius 1 is 1.89 bits per heavy atom. The van der Waals surface area contributed by atoms with E-state index >= 15 is 0 Å². The lowest BCUT2D eigenvalue weighted by atomic mass is 10.4. The molecule has 9 heavy (non-hydrogen) atoms. The standard InChI is InChI=1S/C5H7NO2S/c1-2-3-5(7)8-9-4-6/h2-3H2,1H3. The van der Waals surface area contributed by atoms with E-state index in [0.717, 1.165) is 6.42 Å². The Balaban J connectivity index is 3.19. The van der Waals surface area contributed by atoms with Gasteiger partial charge in [0.1, 0.15) is 0 Å². The van der Waals surface area contributed by atoms with E-state index in [1.165, 1.54) is 0 Å². The summed E-state index contributed by atoms with van der Waals surface area (Å²) < 4.78 is 4.35. The van der Waals surface area contributed by atoms with Crippen LogP contribution in [0.2, 0.25) is 0 Å². The van der Waals surface area contributed by atoms with Gasteiger partial charge in [-0.25, -0.2) is 0 Å². The molecule has 0 heterocycles. The highest BCUT2D eigenvalue weighted by molar-refractivity contribution is 7.99. The molecule has 0 aliphatic rings. The summed E-state index contributed by atoms with van der Waals surface area (Å²) in [6.45, 7) is 1.87. The fraction of sp³-hybridized carbons (Fsp3) is 0.600. The summed E-state index contributed by atoms with van der Waals surface area (Å²) in [6, 6.07) is 0. The van der Waals surface area contributed by atoms with Gasteiger partial charge in [0.05, 0.1) is 0 Å². The highest BCUT2D eigenvalue weighted by Crippen LogP contribution is 2.02. The topological polar surface area (TPSA) is 50.1 Å². The molecule has 0 aromatic heterocycles. The second-order valence-electron chi connectivity index (χ2n) is 1.38. The van der Waals surface area contributed by atoms with Crippen LogP contribution in [-0.2, 0) is 8.98 Å². The molecular weight excluding hydrogens is 138 g/mol. The molecular formula is C5H7NO2S. The van der Waals surface area contributed by atoms with E-state index in [1.807, 2.05) is 6.92 Å². The van der Waals surface area contributed by atoms with Crippen LogP contribution in [0.25, 0.3) is 0 Å². The van der Waals surface area contributed by atoms with Crippen molar-refractivity contribution < 1.29 is 8.98 Å². The van der Waals surface area contributed by atoms with E-state index in [4.69, 9.17) is 5.26 Å². The summed E-state index contributed by atoms with van der Waals surface area (Å²) in [5.41, 5.74) is 0. The minimum Gasteiger partial charge on any atom is -0.375 e. The number of carbonyl (C=O) groups excluding carboxylic acids is 1. The molecule has 0 amide bonds. The Bertz CT molecular complexity index is 129. The summed E-state index contributed by atoms with van der Waals surface area (Å²) >= 11 is 0.512. The van der Waals surface area contributed by atoms with Crippen LogP contribution in [0.5, 0.6) is 0 Å². The molecule has 0 fully saturated rings. The monoisotopic (exact) mass is 145 g/mol. The third-order valence-electron chi connectivity index (χ3n) is 0.626. The van der Waals surface area contributed by atoms with Crippen LogP contribution in [0.3, 0.4) is 0 Å². The molecule has 3 nitrogen and oxygen atoms in total. The first-order valence-corrected chi connectivity index (χ1v) is 3.30. The van der Waals surface area contributed by atoms with Gasteiger partial charge < -0.3 is 4.18 Å². The lowest BCUT2D eigenvalue weighted by Gasteiger charge is -1.91. The summed E-state index contributed by atoms with van der Waals surface area (Å²) in [6.07, 6.45) is 1.14. The Kier molecular flexibility index (Phi) is 5.03. The van der Waals surface area contributed by atoms with Crippen molar-refractivity contribution in [1.82, 2.24) is 0 Å². The Labute approximate surface area is 58.2 Å². The third kappa shape index (κ3) is 5.18. The zero-order valence-corrected chi connectivity index (χ0v) is 5.90. The van der Waals surface area contributed by atoms with Gasteiger partial charge in [-0.1, -0.05) is 6.92 Å². The normalized spacial score (nSPS) is 8.00. The summed E-state index contributed by atoms with van der Waals surface area (Å²) in [5.74, 6) is -0.330. The molecule has 0 aliphatic carbocycles. The van der Waals surface area contributed by atoms with Crippen LogP contribution in [0, 0.1) is 10.7 Å². The molecule has 0 atom stereocenters. The van der Waals surface area contributed by atoms with E-state index in [1.54, 1.807) is 5.40 Å². The second kappa shape index (κ2) is 5.45. The van der Waals surface area contributed by atoms with Gasteiger partial charge in [-0.15, -0.1) is 0 Å². The Hall–Kier alpha value is -0.690. The first-order valence-electron chi connectivity index (χ1n) is 2.56. The van der Waals surface area contributed by atoms with Crippen LogP contribution in [0.4, 0.5) is 0 Å². The number of hydrogen-bond donors (Lipinski definition) is 0. The second-order valence-corrected chi connectivity index (χ2v) is 1.90. The lowest BCUT2D eigenvalue weighted by molar-refractivity contribution is -0.132. The van der Waals surface area contributed by atoms with Gasteiger partial charge in [0, 0.05) is 6.42 Å². The highest BCUT2D eigenvalue weighted by Gasteiger charge is 1.98. The molecule has 0 radical (unpaired) electrons. The van der Waals surface area contributed by atoms with Crippen molar-refractivity contribution in [2.45, 2.75) is 19.8 Å². The maximum absolute atomic E-state index is 10.4. The molecule has 0 aromatic carbocycles. The van der Waals surface area contributed by atoms with Crippen molar-refractivity contribution in [3.63, 3.8) is 0 Å². The molecule has 0 rings (SSSR count). The van der Waals surface area contributed by atoms with Gasteiger partial charge in [-0.3, -0.25) is 4.79 Å². The number of nitrogens with zero attached hydrogens (tertiary/aromatic N) is 1. The number of nitriles is 1. The van der Waals surface area contributed by atoms with Crippen LogP contribution in [0.15, 0.2) is 0 Å². The zero-order valence-electron chi connectivity index (χ0n) is 5.09. The molecule has 50 valence electrons. The molecule has 0 N–H and O–H groups in total. The number of carbonyl (C=O) groups is 1. The highest BCUT2D eigenvalue weighted by atomic mass is 32.2. The molecule has 4 heteroatoms. The predicted molar refractivity (Wildman–Crippen MR) is 34.2 cm³/mol. The van der Waals surface area contributed by atoms with Crippen LogP contribution in [0.1, 0.15) is 19.8 Å². The van der Waals surface area contributed by atoms with E-state index in [9.17, 15) is 4.79 Å². The molecule has 0 unspecified atom stereocenters. The first kappa shape index (κ1) is 8.31. The van der Waals surface area contributed by atoms with Crippen molar-refractivity contribution in [2.24, 2.45) is 0 Å². The molecule has 0 saturated carbocycles. The van der Waals surface area contributed by atoms with Gasteiger partial charge in [-0.2, -0.15) is 5.26 Å². The number of hydrogen-bond acceptors (Lipinski definition) is 4. The third-order valence-corrected chi connectivity index (χ3v) is 0.970. The van der Waals surface area contributed by atoms with E-state index in [0.29, 0.717) is 18.5 Å². The molecule has 0 aromatic rings. The van der Waals surface area contributed by atoms with Gasteiger partial charge >= 0.3 is 5.97 Å². The Morgan fingerprint density at radius 3 is 3.00 bits per heavy atom. The average molecular weight is 145 g/mol. The molecule has 0 aliphatic heterocycles. The number of rotatable bonds is 3. The molecule has 0 bridgehead atoms. The van der Waals surface area contributed by atoms with Gasteiger partial charge in [0.25, 0.3) is 0 Å². The maximum atomic E-state index is 10.4. The number of thiocyanates is 1. The fourth-order valence-electron chi connectivity index (χ4n) is 0.311. The minimum atomic E-state index is -0.330. The largest absolute Gasteiger partial charge is 0.375 e. The van der Waals surface area contributed by atoms with Crippen LogP contribution < -0.4 is 0 Å². The van der Waals surface area contributed by atoms with Crippen molar-refractivity contribution in [1.29, 1.82) is 5.26 Å². The van der Waals surface area contributed by atoms with Gasteiger partial charge in [0.2, 0.25) is 0 Å². The fourth-order valence-corrected chi connectivity index (χ4v) is 0.524. The van der Waals surface area contributed by atoms with E-state index in [-0.39, 0.29) is 5.97 Å². The van der Waals surface area contributed by atoms with Gasteiger partial charge in [0.15, 0.2) is 17.4 Å². The van der Waals surface area contributed by atoms with E-state index < -0.39 is 0 Å². The predicted octanol–water partition coefficient (Wildman–Crippen LogP) is 1.46. The van der Waals surface area contributed by atoms with Crippen LogP contribution in [-0.4, -0.2) is 5.97 Å². The van der Waals surface area contributed by atoms with Gasteiger partial charge in [-0.05, 0) is 6.42 Å². The zero-order chi connectivity index (χ0) is 7.11. The minimum absolute atomic E-state index is 0.330. The average Bonchev–Trinajstić information content (AvgIpc) is 1.85. The smallest absolute Gasteiger partial charge is 0.318 e. The van der Waals surface area contributed by atoms with Crippen LogP contribution >= 0.6 is 12.0 Å². The van der Waals surface area contributed by atoms with Crippen molar-refractivity contribution in [2.75, 3.05) is 0 Å². The lowest BCUT2D eigenvalue weighted by Crippen LogP contribution is -1.95. The SMILES string of the molecule is CCCC(=O)OSC#N.